The predicted molar refractivity (Wildman–Crippen MR) is 211 cm³/mol. The zero-order valence-electron chi connectivity index (χ0n) is 32.7. The van der Waals surface area contributed by atoms with E-state index in [1.807, 2.05) is 12.1 Å². The number of fused-ring (bicyclic) bond motifs is 7. The van der Waals surface area contributed by atoms with Gasteiger partial charge in [0, 0.05) is 18.8 Å². The van der Waals surface area contributed by atoms with E-state index in [2.05, 4.69) is 64.8 Å². The summed E-state index contributed by atoms with van der Waals surface area (Å²) in [6.45, 7) is 20.5. The lowest BCUT2D eigenvalue weighted by atomic mass is 9.32. The Balaban J connectivity index is 1.12. The second-order valence-electron chi connectivity index (χ2n) is 18.8. The van der Waals surface area contributed by atoms with Crippen molar-refractivity contribution in [2.75, 3.05) is 18.4 Å². The van der Waals surface area contributed by atoms with E-state index >= 15 is 0 Å². The normalized spacial score (nSPS) is 36.8. The van der Waals surface area contributed by atoms with Crippen LogP contribution in [0, 0.1) is 56.7 Å². The minimum absolute atomic E-state index is 0.0378. The Morgan fingerprint density at radius 2 is 1.40 bits per heavy atom. The maximum atomic E-state index is 14.5. The molecule has 0 radical (unpaired) electrons. The molecule has 5 aliphatic carbocycles. The lowest BCUT2D eigenvalue weighted by molar-refractivity contribution is -0.225. The van der Waals surface area contributed by atoms with Gasteiger partial charge in [-0.1, -0.05) is 65.0 Å². The lowest BCUT2D eigenvalue weighted by Crippen LogP contribution is -2.66. The number of aromatic carboxylic acids is 2. The van der Waals surface area contributed by atoms with Crippen LogP contribution in [0.5, 0.6) is 0 Å². The van der Waals surface area contributed by atoms with E-state index in [4.69, 9.17) is 0 Å². The summed E-state index contributed by atoms with van der Waals surface area (Å²) in [5, 5.41) is 25.4. The number of nitrogens with one attached hydrogen (secondary N) is 2. The molecule has 0 saturated heterocycles. The van der Waals surface area contributed by atoms with Crippen LogP contribution in [0.15, 0.2) is 66.8 Å². The quantitative estimate of drug-likeness (QED) is 0.151. The summed E-state index contributed by atoms with van der Waals surface area (Å²) in [7, 11) is 0. The van der Waals surface area contributed by atoms with Gasteiger partial charge in [0.05, 0.1) is 16.5 Å². The fourth-order valence-electron chi connectivity index (χ4n) is 13.7. The summed E-state index contributed by atoms with van der Waals surface area (Å²) >= 11 is 0. The Morgan fingerprint density at radius 1 is 0.755 bits per heavy atom. The monoisotopic (exact) mass is 720 g/mol. The highest BCUT2D eigenvalue weighted by molar-refractivity contribution is 5.89. The number of rotatable bonds is 9. The first-order chi connectivity index (χ1) is 25.0. The number of hydrogen-bond donors (Lipinski definition) is 4. The van der Waals surface area contributed by atoms with Gasteiger partial charge < -0.3 is 20.8 Å². The van der Waals surface area contributed by atoms with E-state index in [0.717, 1.165) is 49.8 Å². The third-order valence-electron chi connectivity index (χ3n) is 16.4. The number of amides is 1. The average Bonchev–Trinajstić information content (AvgIpc) is 3.52. The molecule has 0 heterocycles. The molecule has 0 bridgehead atoms. The van der Waals surface area contributed by atoms with Crippen LogP contribution in [0.2, 0.25) is 0 Å². The third kappa shape index (κ3) is 5.69. The summed E-state index contributed by atoms with van der Waals surface area (Å²) in [6, 6.07) is 14.2. The van der Waals surface area contributed by atoms with Crippen molar-refractivity contribution in [3.63, 3.8) is 0 Å². The van der Waals surface area contributed by atoms with Gasteiger partial charge in [0.15, 0.2) is 0 Å². The van der Waals surface area contributed by atoms with Crippen LogP contribution < -0.4 is 10.6 Å². The molecule has 4 saturated carbocycles. The minimum atomic E-state index is -0.942. The molecule has 7 rings (SSSR count). The van der Waals surface area contributed by atoms with E-state index in [0.29, 0.717) is 48.2 Å². The molecule has 1 amide bonds. The molecular weight excluding hydrogens is 661 g/mol. The van der Waals surface area contributed by atoms with Crippen LogP contribution in [0.1, 0.15) is 126 Å². The Bertz CT molecular complexity index is 1830. The van der Waals surface area contributed by atoms with Gasteiger partial charge in [-0.05, 0) is 163 Å². The van der Waals surface area contributed by atoms with Crippen LogP contribution in [0.3, 0.4) is 0 Å². The van der Waals surface area contributed by atoms with Crippen molar-refractivity contribution in [2.45, 2.75) is 99.3 Å². The zero-order chi connectivity index (χ0) is 38.1. The molecular formula is C46H60N2O5. The van der Waals surface area contributed by atoms with Gasteiger partial charge in [-0.25, -0.2) is 9.59 Å². The topological polar surface area (TPSA) is 116 Å². The standard InChI is InChI=1S/C46H60N2O5/c1-28(2)33-18-23-46(41(53)48-27-26-47-32-14-12-31(13-15-32)40(51)52)25-24-44(6)35(38(33)46)16-17-37-43(5)21-19-34(29-8-10-30(11-9-29)39(49)50)42(3,4)36(43)20-22-45(37,44)7/h8-15,19,33,35-38,47H,1,16-18,20-27H2,2-7H3,(H,48,53)(H,49,50)(H,51,52). The largest absolute Gasteiger partial charge is 0.478 e. The van der Waals surface area contributed by atoms with Crippen molar-refractivity contribution in [3.05, 3.63) is 83.4 Å². The number of carbonyl (C=O) groups is 3. The third-order valence-corrected chi connectivity index (χ3v) is 16.4. The summed E-state index contributed by atoms with van der Waals surface area (Å²) in [4.78, 5) is 37.3. The Morgan fingerprint density at radius 3 is 2.02 bits per heavy atom. The molecule has 284 valence electrons. The summed E-state index contributed by atoms with van der Waals surface area (Å²) < 4.78 is 0. The SMILES string of the molecule is C=C(C)C1CCC2(C(=O)NCCNc3ccc(C(=O)O)cc3)CCC3(C)C(CCC4C5(C)CC=C(c6ccc(C(=O)O)cc6)C(C)(C)C5CCC43C)C12. The Kier molecular flexibility index (Phi) is 9.30. The number of anilines is 1. The highest BCUT2D eigenvalue weighted by atomic mass is 16.4. The van der Waals surface area contributed by atoms with Gasteiger partial charge in [-0.3, -0.25) is 4.79 Å². The van der Waals surface area contributed by atoms with Crippen molar-refractivity contribution in [1.82, 2.24) is 5.32 Å². The second kappa shape index (κ2) is 13.2. The molecule has 4 fully saturated rings. The maximum absolute atomic E-state index is 14.5. The molecule has 0 spiro atoms. The molecule has 0 aromatic heterocycles. The van der Waals surface area contributed by atoms with Gasteiger partial charge in [-0.15, -0.1) is 0 Å². The van der Waals surface area contributed by atoms with Gasteiger partial charge >= 0.3 is 11.9 Å². The van der Waals surface area contributed by atoms with Gasteiger partial charge in [0.25, 0.3) is 0 Å². The lowest BCUT2D eigenvalue weighted by Gasteiger charge is -2.72. The Hall–Kier alpha value is -3.87. The van der Waals surface area contributed by atoms with E-state index in [1.54, 1.807) is 36.4 Å². The van der Waals surface area contributed by atoms with Gasteiger partial charge in [0.2, 0.25) is 5.91 Å². The number of allylic oxidation sites excluding steroid dienone is 3. The minimum Gasteiger partial charge on any atom is -0.478 e. The number of carboxylic acid groups (broad SMARTS) is 2. The average molecular weight is 721 g/mol. The highest BCUT2D eigenvalue weighted by Crippen LogP contribution is 2.77. The van der Waals surface area contributed by atoms with Crippen molar-refractivity contribution < 1.29 is 24.6 Å². The molecule has 7 heteroatoms. The van der Waals surface area contributed by atoms with Crippen LogP contribution >= 0.6 is 0 Å². The first kappa shape index (κ1) is 37.4. The molecule has 2 aromatic rings. The fourth-order valence-corrected chi connectivity index (χ4v) is 13.7. The molecule has 7 nitrogen and oxygen atoms in total. The summed E-state index contributed by atoms with van der Waals surface area (Å²) in [5.74, 6) is 0.610. The predicted octanol–water partition coefficient (Wildman–Crippen LogP) is 9.96. The van der Waals surface area contributed by atoms with Crippen LogP contribution in [0.25, 0.3) is 5.57 Å². The van der Waals surface area contributed by atoms with Crippen molar-refractivity contribution in [2.24, 2.45) is 56.7 Å². The molecule has 0 aliphatic heterocycles. The number of carboxylic acids is 2. The van der Waals surface area contributed by atoms with E-state index in [1.165, 1.54) is 30.4 Å². The number of benzene rings is 2. The van der Waals surface area contributed by atoms with E-state index < -0.39 is 11.9 Å². The van der Waals surface area contributed by atoms with E-state index in [9.17, 15) is 24.6 Å². The Labute approximate surface area is 316 Å². The molecule has 53 heavy (non-hydrogen) atoms. The number of hydrogen-bond acceptors (Lipinski definition) is 4. The fraction of sp³-hybridized carbons (Fsp3) is 0.587. The van der Waals surface area contributed by atoms with Crippen LogP contribution in [-0.4, -0.2) is 41.1 Å². The zero-order valence-corrected chi connectivity index (χ0v) is 32.7. The van der Waals surface area contributed by atoms with Crippen molar-refractivity contribution in [3.8, 4) is 0 Å². The summed E-state index contributed by atoms with van der Waals surface area (Å²) in [6.07, 6.45) is 12.2. The highest BCUT2D eigenvalue weighted by Gasteiger charge is 2.71. The van der Waals surface area contributed by atoms with Crippen LogP contribution in [-0.2, 0) is 4.79 Å². The first-order valence-electron chi connectivity index (χ1n) is 20.0. The molecule has 9 atom stereocenters. The van der Waals surface area contributed by atoms with Crippen LogP contribution in [0.4, 0.5) is 5.69 Å². The summed E-state index contributed by atoms with van der Waals surface area (Å²) in [5.41, 5.74) is 5.19. The smallest absolute Gasteiger partial charge is 0.335 e. The molecule has 9 unspecified atom stereocenters. The van der Waals surface area contributed by atoms with E-state index in [-0.39, 0.29) is 38.5 Å². The van der Waals surface area contributed by atoms with Gasteiger partial charge in [0.1, 0.15) is 0 Å². The number of carbonyl (C=O) groups excluding carboxylic acids is 1. The second-order valence-corrected chi connectivity index (χ2v) is 18.8. The molecule has 5 aliphatic rings. The maximum Gasteiger partial charge on any atom is 0.335 e. The van der Waals surface area contributed by atoms with Crippen molar-refractivity contribution in [1.29, 1.82) is 0 Å². The van der Waals surface area contributed by atoms with Crippen molar-refractivity contribution >= 4 is 29.1 Å². The molecule has 4 N–H and O–H groups in total. The first-order valence-corrected chi connectivity index (χ1v) is 20.0. The van der Waals surface area contributed by atoms with Gasteiger partial charge in [-0.2, -0.15) is 0 Å². The molecule has 2 aromatic carbocycles.